The highest BCUT2D eigenvalue weighted by Gasteiger charge is 2.32. The smallest absolute Gasteiger partial charge is 0.355 e. The predicted octanol–water partition coefficient (Wildman–Crippen LogP) is 2.76. The zero-order valence-electron chi connectivity index (χ0n) is 10.6. The van der Waals surface area contributed by atoms with Crippen molar-refractivity contribution in [3.63, 3.8) is 0 Å². The van der Waals surface area contributed by atoms with Crippen molar-refractivity contribution in [1.82, 2.24) is 4.98 Å². The molecule has 1 saturated heterocycles. The maximum atomic E-state index is 12.5. The van der Waals surface area contributed by atoms with Gasteiger partial charge in [-0.25, -0.2) is 4.98 Å². The fourth-order valence-electron chi connectivity index (χ4n) is 2.26. The molecule has 1 aliphatic heterocycles. The van der Waals surface area contributed by atoms with Gasteiger partial charge in [-0.3, -0.25) is 0 Å². The van der Waals surface area contributed by atoms with Gasteiger partial charge in [0.05, 0.1) is 5.56 Å². The number of nitrogens with two attached hydrogens (primary N) is 1. The Morgan fingerprint density at radius 3 is 2.63 bits per heavy atom. The minimum absolute atomic E-state index is 0. The van der Waals surface area contributed by atoms with Gasteiger partial charge in [0.25, 0.3) is 0 Å². The average Bonchev–Trinajstić information content (AvgIpc) is 2.27. The Morgan fingerprint density at radius 2 is 2.11 bits per heavy atom. The first-order valence-corrected chi connectivity index (χ1v) is 5.92. The van der Waals surface area contributed by atoms with Crippen LogP contribution in [-0.2, 0) is 6.18 Å². The molecule has 0 amide bonds. The molecule has 0 saturated carbocycles. The first kappa shape index (κ1) is 16.0. The molecule has 108 valence electrons. The third-order valence-corrected chi connectivity index (χ3v) is 3.14. The second-order valence-corrected chi connectivity index (χ2v) is 4.71. The predicted molar refractivity (Wildman–Crippen MR) is 70.6 cm³/mol. The van der Waals surface area contributed by atoms with Crippen LogP contribution in [0.1, 0.15) is 24.0 Å². The minimum atomic E-state index is -4.34. The molecule has 19 heavy (non-hydrogen) atoms. The number of nitrogens with zero attached hydrogens (tertiary/aromatic N) is 2. The van der Waals surface area contributed by atoms with E-state index in [0.29, 0.717) is 17.9 Å². The van der Waals surface area contributed by atoms with Gasteiger partial charge in [0.15, 0.2) is 0 Å². The van der Waals surface area contributed by atoms with Crippen LogP contribution in [0.15, 0.2) is 12.3 Å². The summed E-state index contributed by atoms with van der Waals surface area (Å²) < 4.78 is 37.6. The van der Waals surface area contributed by atoms with Crippen LogP contribution in [0.2, 0.25) is 0 Å². The van der Waals surface area contributed by atoms with Crippen molar-refractivity contribution >= 4 is 18.2 Å². The van der Waals surface area contributed by atoms with Crippen LogP contribution < -0.4 is 10.6 Å². The normalized spacial score (nSPS) is 20.1. The highest BCUT2D eigenvalue weighted by Crippen LogP contribution is 2.31. The second-order valence-electron chi connectivity index (χ2n) is 4.71. The number of hydrogen-bond acceptors (Lipinski definition) is 3. The van der Waals surface area contributed by atoms with E-state index >= 15 is 0 Å². The van der Waals surface area contributed by atoms with Gasteiger partial charge in [-0.15, -0.1) is 12.4 Å². The topological polar surface area (TPSA) is 42.2 Å². The Labute approximate surface area is 116 Å². The van der Waals surface area contributed by atoms with Crippen LogP contribution >= 0.6 is 12.4 Å². The van der Waals surface area contributed by atoms with Crippen molar-refractivity contribution in [3.05, 3.63) is 23.4 Å². The summed E-state index contributed by atoms with van der Waals surface area (Å²) in [6.45, 7) is 3.10. The van der Waals surface area contributed by atoms with E-state index < -0.39 is 11.7 Å². The Balaban J connectivity index is 0.00000180. The number of rotatable bonds is 1. The number of anilines is 1. The monoisotopic (exact) mass is 295 g/mol. The van der Waals surface area contributed by atoms with Gasteiger partial charge >= 0.3 is 6.18 Å². The van der Waals surface area contributed by atoms with Crippen LogP contribution in [0.5, 0.6) is 0 Å². The van der Waals surface area contributed by atoms with Gasteiger partial charge in [0, 0.05) is 25.3 Å². The summed E-state index contributed by atoms with van der Waals surface area (Å²) >= 11 is 0. The summed E-state index contributed by atoms with van der Waals surface area (Å²) in [4.78, 5) is 5.92. The summed E-state index contributed by atoms with van der Waals surface area (Å²) in [6, 6.07) is 1.21. The molecule has 1 atom stereocenters. The fourth-order valence-corrected chi connectivity index (χ4v) is 2.26. The fraction of sp³-hybridized carbons (Fsp3) is 0.583. The number of alkyl halides is 3. The van der Waals surface area contributed by atoms with E-state index in [1.54, 1.807) is 6.92 Å². The lowest BCUT2D eigenvalue weighted by Crippen LogP contribution is -2.43. The first-order valence-electron chi connectivity index (χ1n) is 5.92. The van der Waals surface area contributed by atoms with Crippen LogP contribution in [0.25, 0.3) is 0 Å². The van der Waals surface area contributed by atoms with Gasteiger partial charge in [-0.2, -0.15) is 13.2 Å². The lowest BCUT2D eigenvalue weighted by atomic mass is 10.1. The van der Waals surface area contributed by atoms with Crippen LogP contribution in [0.4, 0.5) is 19.0 Å². The van der Waals surface area contributed by atoms with Crippen LogP contribution in [0.3, 0.4) is 0 Å². The van der Waals surface area contributed by atoms with E-state index in [1.165, 1.54) is 0 Å². The molecule has 2 heterocycles. The highest BCUT2D eigenvalue weighted by atomic mass is 35.5. The SMILES string of the molecule is Cc1cc(C(F)(F)F)cnc1N1CCC[C@@H](N)C1.Cl. The van der Waals surface area contributed by atoms with Crippen molar-refractivity contribution in [1.29, 1.82) is 0 Å². The van der Waals surface area contributed by atoms with E-state index in [1.807, 2.05) is 4.90 Å². The molecule has 0 unspecified atom stereocenters. The maximum Gasteiger partial charge on any atom is 0.417 e. The van der Waals surface area contributed by atoms with Gasteiger partial charge in [-0.05, 0) is 31.4 Å². The Morgan fingerprint density at radius 1 is 1.42 bits per heavy atom. The lowest BCUT2D eigenvalue weighted by molar-refractivity contribution is -0.137. The number of aryl methyl sites for hydroxylation is 1. The van der Waals surface area contributed by atoms with E-state index in [-0.39, 0.29) is 18.4 Å². The number of hydrogen-bond donors (Lipinski definition) is 1. The summed E-state index contributed by atoms with van der Waals surface area (Å²) in [5, 5.41) is 0. The van der Waals surface area contributed by atoms with Crippen molar-refractivity contribution in [2.75, 3.05) is 18.0 Å². The Kier molecular flexibility index (Phi) is 5.04. The quantitative estimate of drug-likeness (QED) is 0.866. The molecule has 0 spiro atoms. The summed E-state index contributed by atoms with van der Waals surface area (Å²) in [7, 11) is 0. The lowest BCUT2D eigenvalue weighted by Gasteiger charge is -2.32. The summed E-state index contributed by atoms with van der Waals surface area (Å²) in [6.07, 6.45) is -1.55. The number of aromatic nitrogens is 1. The van der Waals surface area contributed by atoms with Crippen molar-refractivity contribution in [2.45, 2.75) is 32.0 Å². The molecule has 3 nitrogen and oxygen atoms in total. The number of halogens is 4. The van der Waals surface area contributed by atoms with E-state index in [0.717, 1.165) is 31.6 Å². The molecule has 2 N–H and O–H groups in total. The second kappa shape index (κ2) is 5.96. The van der Waals surface area contributed by atoms with E-state index in [4.69, 9.17) is 5.73 Å². The van der Waals surface area contributed by atoms with Gasteiger partial charge in [0.2, 0.25) is 0 Å². The maximum absolute atomic E-state index is 12.5. The third kappa shape index (κ3) is 3.73. The Bertz CT molecular complexity index is 437. The molecular weight excluding hydrogens is 279 g/mol. The number of piperidine rings is 1. The zero-order valence-corrected chi connectivity index (χ0v) is 11.4. The molecule has 1 aromatic rings. The standard InChI is InChI=1S/C12H16F3N3.ClH/c1-8-5-9(12(13,14)15)6-17-11(8)18-4-2-3-10(16)7-18;/h5-6,10H,2-4,7,16H2,1H3;1H/t10-;/m1./s1. The molecule has 2 rings (SSSR count). The molecule has 1 fully saturated rings. The molecule has 7 heteroatoms. The molecule has 0 radical (unpaired) electrons. The van der Waals surface area contributed by atoms with E-state index in [2.05, 4.69) is 4.98 Å². The van der Waals surface area contributed by atoms with E-state index in [9.17, 15) is 13.2 Å². The van der Waals surface area contributed by atoms with Crippen molar-refractivity contribution < 1.29 is 13.2 Å². The Hall–Kier alpha value is -1.01. The van der Waals surface area contributed by atoms with Crippen molar-refractivity contribution in [2.24, 2.45) is 5.73 Å². The highest BCUT2D eigenvalue weighted by molar-refractivity contribution is 5.85. The average molecular weight is 296 g/mol. The third-order valence-electron chi connectivity index (χ3n) is 3.14. The number of pyridine rings is 1. The van der Waals surface area contributed by atoms with Gasteiger partial charge < -0.3 is 10.6 Å². The zero-order chi connectivity index (χ0) is 13.3. The van der Waals surface area contributed by atoms with Crippen molar-refractivity contribution in [3.8, 4) is 0 Å². The largest absolute Gasteiger partial charge is 0.417 e. The molecule has 1 aliphatic rings. The van der Waals surface area contributed by atoms with Gasteiger partial charge in [-0.1, -0.05) is 0 Å². The first-order chi connectivity index (χ1) is 8.38. The minimum Gasteiger partial charge on any atom is -0.355 e. The molecule has 0 aromatic carbocycles. The molecule has 1 aromatic heterocycles. The summed E-state index contributed by atoms with van der Waals surface area (Å²) in [5.74, 6) is 0.609. The van der Waals surface area contributed by atoms with Gasteiger partial charge in [0.1, 0.15) is 5.82 Å². The molecular formula is C12H17ClF3N3. The molecule has 0 aliphatic carbocycles. The van der Waals surface area contributed by atoms with Crippen LogP contribution in [-0.4, -0.2) is 24.1 Å². The van der Waals surface area contributed by atoms with Crippen LogP contribution in [0, 0.1) is 6.92 Å². The summed E-state index contributed by atoms with van der Waals surface area (Å²) in [5.41, 5.74) is 5.70. The molecule has 0 bridgehead atoms.